The molecule has 0 spiro atoms. The highest BCUT2D eigenvalue weighted by Crippen LogP contribution is 2.57. The van der Waals surface area contributed by atoms with Crippen LogP contribution in [0.3, 0.4) is 0 Å². The zero-order chi connectivity index (χ0) is 22.3. The summed E-state index contributed by atoms with van der Waals surface area (Å²) < 4.78 is 6.65. The number of aromatic nitrogens is 2. The molecule has 3 N–H and O–H groups in total. The van der Waals surface area contributed by atoms with Crippen LogP contribution in [0.5, 0.6) is 0 Å². The van der Waals surface area contributed by atoms with E-state index in [4.69, 9.17) is 4.42 Å². The van der Waals surface area contributed by atoms with Gasteiger partial charge >= 0.3 is 5.97 Å². The van der Waals surface area contributed by atoms with Gasteiger partial charge in [0.2, 0.25) is 5.91 Å². The van der Waals surface area contributed by atoms with Gasteiger partial charge in [0.15, 0.2) is 5.69 Å². The maximum absolute atomic E-state index is 13.2. The minimum absolute atomic E-state index is 0.0693. The number of fused-ring (bicyclic) bond motifs is 2. The molecule has 4 rings (SSSR count). The summed E-state index contributed by atoms with van der Waals surface area (Å²) in [7, 11) is 1.65. The number of nitrogens with zero attached hydrogens (tertiary/aromatic N) is 2. The lowest BCUT2D eigenvalue weighted by molar-refractivity contribution is -0.148. The summed E-state index contributed by atoms with van der Waals surface area (Å²) in [5.74, 6) is -2.80. The fourth-order valence-electron chi connectivity index (χ4n) is 5.23. The van der Waals surface area contributed by atoms with Gasteiger partial charge in [-0.1, -0.05) is 11.1 Å². The number of nitrogens with one attached hydrogen (secondary N) is 2. The highest BCUT2D eigenvalue weighted by Gasteiger charge is 2.57. The Bertz CT molecular complexity index is 1050. The van der Waals surface area contributed by atoms with E-state index in [0.29, 0.717) is 5.76 Å². The third kappa shape index (κ3) is 3.75. The van der Waals surface area contributed by atoms with Crippen LogP contribution in [0.1, 0.15) is 42.9 Å². The van der Waals surface area contributed by atoms with E-state index in [-0.39, 0.29) is 35.7 Å². The van der Waals surface area contributed by atoms with Crippen molar-refractivity contribution in [3.05, 3.63) is 47.2 Å². The lowest BCUT2D eigenvalue weighted by atomic mass is 9.78. The van der Waals surface area contributed by atoms with Crippen LogP contribution in [0.25, 0.3) is 0 Å². The molecule has 31 heavy (non-hydrogen) atoms. The number of aryl methyl sites for hydroxylation is 1. The number of hydrogen-bond donors (Lipinski definition) is 3. The predicted molar refractivity (Wildman–Crippen MR) is 111 cm³/mol. The van der Waals surface area contributed by atoms with Crippen molar-refractivity contribution in [1.29, 1.82) is 0 Å². The van der Waals surface area contributed by atoms with Crippen molar-refractivity contribution in [3.8, 4) is 0 Å². The average molecular weight is 426 g/mol. The van der Waals surface area contributed by atoms with Crippen LogP contribution in [0.2, 0.25) is 0 Å². The van der Waals surface area contributed by atoms with E-state index in [1.807, 2.05) is 13.8 Å². The maximum atomic E-state index is 13.2. The molecular formula is C22H26N4O5. The standard InChI is InChI=1S/C22H26N4O5/c1-11(2)16-13-6-7-14(16)18(22(29)30)17(13)20(27)24-15-10-26(3)25-19(15)21(28)23-9-12-5-4-8-31-12/h4-5,8,10,13-14,17-18H,6-7,9H2,1-3H3,(H,23,28)(H,24,27)(H,29,30)/t13-,14-,17-,18-/m1/s1. The third-order valence-corrected chi connectivity index (χ3v) is 6.31. The number of aliphatic carboxylic acids is 1. The van der Waals surface area contributed by atoms with Gasteiger partial charge in [0, 0.05) is 13.2 Å². The van der Waals surface area contributed by atoms with Crippen LogP contribution < -0.4 is 10.6 Å². The quantitative estimate of drug-likeness (QED) is 0.610. The molecule has 4 atom stereocenters. The van der Waals surface area contributed by atoms with E-state index < -0.39 is 23.7 Å². The molecule has 2 bridgehead atoms. The summed E-state index contributed by atoms with van der Waals surface area (Å²) in [6.07, 6.45) is 4.66. The number of rotatable bonds is 6. The fourth-order valence-corrected chi connectivity index (χ4v) is 5.23. The maximum Gasteiger partial charge on any atom is 0.307 e. The minimum atomic E-state index is -0.950. The van der Waals surface area contributed by atoms with Gasteiger partial charge in [-0.05, 0) is 50.7 Å². The Morgan fingerprint density at radius 2 is 1.94 bits per heavy atom. The molecule has 0 unspecified atom stereocenters. The molecule has 2 heterocycles. The van der Waals surface area contributed by atoms with Crippen molar-refractivity contribution in [1.82, 2.24) is 15.1 Å². The summed E-state index contributed by atoms with van der Waals surface area (Å²) in [5, 5.41) is 19.5. The molecule has 0 aromatic carbocycles. The second-order valence-corrected chi connectivity index (χ2v) is 8.45. The molecule has 0 aliphatic heterocycles. The van der Waals surface area contributed by atoms with Gasteiger partial charge in [-0.25, -0.2) is 0 Å². The van der Waals surface area contributed by atoms with E-state index in [9.17, 15) is 19.5 Å². The topological polar surface area (TPSA) is 126 Å². The Hall–Kier alpha value is -3.36. The number of allylic oxidation sites excluding steroid dienone is 2. The number of carbonyl (C=O) groups is 3. The molecule has 164 valence electrons. The number of carboxylic acid groups (broad SMARTS) is 1. The second-order valence-electron chi connectivity index (χ2n) is 8.45. The minimum Gasteiger partial charge on any atom is -0.481 e. The number of hydrogen-bond acceptors (Lipinski definition) is 5. The second kappa shape index (κ2) is 8.05. The molecule has 2 aliphatic carbocycles. The SMILES string of the molecule is CC(C)=C1[C@H]2CC[C@H]1[C@@H](C(=O)Nc1cn(C)nc1C(=O)NCc1ccco1)[C@@H]2C(=O)O. The van der Waals surface area contributed by atoms with Gasteiger partial charge in [-0.2, -0.15) is 5.10 Å². The highest BCUT2D eigenvalue weighted by atomic mass is 16.4. The van der Waals surface area contributed by atoms with Crippen LogP contribution >= 0.6 is 0 Å². The molecule has 2 aromatic heterocycles. The molecule has 9 nitrogen and oxygen atoms in total. The number of carbonyl (C=O) groups excluding carboxylic acids is 2. The highest BCUT2D eigenvalue weighted by molar-refractivity contribution is 6.03. The van der Waals surface area contributed by atoms with Crippen LogP contribution in [0.4, 0.5) is 5.69 Å². The van der Waals surface area contributed by atoms with Gasteiger partial charge < -0.3 is 20.2 Å². The lowest BCUT2D eigenvalue weighted by Crippen LogP contribution is -2.38. The van der Waals surface area contributed by atoms with Crippen LogP contribution in [0.15, 0.2) is 40.2 Å². The number of furan rings is 1. The number of carboxylic acids is 1. The Balaban J connectivity index is 1.54. The summed E-state index contributed by atoms with van der Waals surface area (Å²) in [4.78, 5) is 37.9. The zero-order valence-electron chi connectivity index (χ0n) is 17.7. The van der Waals surface area contributed by atoms with E-state index in [0.717, 1.165) is 24.0 Å². The van der Waals surface area contributed by atoms with E-state index >= 15 is 0 Å². The lowest BCUT2D eigenvalue weighted by Gasteiger charge is -2.26. The largest absolute Gasteiger partial charge is 0.481 e. The van der Waals surface area contributed by atoms with E-state index in [1.165, 1.54) is 10.9 Å². The Morgan fingerprint density at radius 3 is 2.55 bits per heavy atom. The van der Waals surface area contributed by atoms with E-state index in [2.05, 4.69) is 15.7 Å². The Morgan fingerprint density at radius 1 is 1.23 bits per heavy atom. The predicted octanol–water partition coefficient (Wildman–Crippen LogP) is 2.57. The van der Waals surface area contributed by atoms with Crippen molar-refractivity contribution in [2.24, 2.45) is 30.7 Å². The molecule has 2 amide bonds. The van der Waals surface area contributed by atoms with Crippen LogP contribution in [-0.2, 0) is 23.2 Å². The van der Waals surface area contributed by atoms with Crippen molar-refractivity contribution in [3.63, 3.8) is 0 Å². The van der Waals surface area contributed by atoms with Crippen LogP contribution in [0, 0.1) is 23.7 Å². The Labute approximate surface area is 179 Å². The molecule has 2 fully saturated rings. The smallest absolute Gasteiger partial charge is 0.307 e. The van der Waals surface area contributed by atoms with Gasteiger partial charge in [0.1, 0.15) is 5.76 Å². The zero-order valence-corrected chi connectivity index (χ0v) is 17.7. The first-order valence-corrected chi connectivity index (χ1v) is 10.3. The van der Waals surface area contributed by atoms with Gasteiger partial charge in [-0.15, -0.1) is 0 Å². The Kier molecular flexibility index (Phi) is 5.43. The first kappa shape index (κ1) is 20.9. The monoisotopic (exact) mass is 426 g/mol. The molecular weight excluding hydrogens is 400 g/mol. The summed E-state index contributed by atoms with van der Waals surface area (Å²) in [5.41, 5.74) is 2.53. The van der Waals surface area contributed by atoms with Crippen molar-refractivity contribution in [2.75, 3.05) is 5.32 Å². The first-order valence-electron chi connectivity index (χ1n) is 10.3. The summed E-state index contributed by atoms with van der Waals surface area (Å²) >= 11 is 0. The normalized spacial score (nSPS) is 24.3. The number of amides is 2. The average Bonchev–Trinajstić information content (AvgIpc) is 3.48. The van der Waals surface area contributed by atoms with E-state index in [1.54, 1.807) is 25.4 Å². The molecule has 2 aliphatic rings. The van der Waals surface area contributed by atoms with Crippen molar-refractivity contribution >= 4 is 23.5 Å². The van der Waals surface area contributed by atoms with Crippen molar-refractivity contribution < 1.29 is 23.9 Å². The van der Waals surface area contributed by atoms with Crippen LogP contribution in [-0.4, -0.2) is 32.7 Å². The summed E-state index contributed by atoms with van der Waals surface area (Å²) in [6, 6.07) is 3.46. The third-order valence-electron chi connectivity index (χ3n) is 6.31. The molecule has 0 saturated heterocycles. The van der Waals surface area contributed by atoms with Crippen molar-refractivity contribution in [2.45, 2.75) is 33.2 Å². The fraction of sp³-hybridized carbons (Fsp3) is 0.455. The molecule has 2 aromatic rings. The summed E-state index contributed by atoms with van der Waals surface area (Å²) in [6.45, 7) is 4.14. The van der Waals surface area contributed by atoms with Gasteiger partial charge in [-0.3, -0.25) is 19.1 Å². The molecule has 2 saturated carbocycles. The first-order chi connectivity index (χ1) is 14.8. The molecule has 0 radical (unpaired) electrons. The van der Waals surface area contributed by atoms with Gasteiger partial charge in [0.25, 0.3) is 5.91 Å². The van der Waals surface area contributed by atoms with Gasteiger partial charge in [0.05, 0.1) is 30.3 Å². The molecule has 9 heteroatoms. The number of anilines is 1.